The lowest BCUT2D eigenvalue weighted by Gasteiger charge is -2.10. The number of nitrogens with zero attached hydrogens (tertiary/aromatic N) is 3. The Morgan fingerprint density at radius 3 is 2.57 bits per heavy atom. The molecule has 126 valence electrons. The second-order valence-electron chi connectivity index (χ2n) is 5.56. The van der Waals surface area contributed by atoms with Gasteiger partial charge in [0.25, 0.3) is 0 Å². The molecule has 0 aliphatic carbocycles. The number of thiazole rings is 2. The molecule has 2 aromatic heterocycles. The predicted octanol–water partition coefficient (Wildman–Crippen LogP) is 3.33. The van der Waals surface area contributed by atoms with Gasteiger partial charge in [-0.1, -0.05) is 13.8 Å². The molecule has 2 heterocycles. The zero-order valence-electron chi connectivity index (χ0n) is 14.2. The van der Waals surface area contributed by atoms with Crippen molar-refractivity contribution in [1.82, 2.24) is 20.6 Å². The Kier molecular flexibility index (Phi) is 6.98. The highest BCUT2D eigenvalue weighted by molar-refractivity contribution is 7.09. The van der Waals surface area contributed by atoms with Crippen molar-refractivity contribution in [3.8, 4) is 0 Å². The van der Waals surface area contributed by atoms with Crippen molar-refractivity contribution in [2.45, 2.75) is 46.6 Å². The van der Waals surface area contributed by atoms with E-state index >= 15 is 0 Å². The van der Waals surface area contributed by atoms with Crippen molar-refractivity contribution in [1.29, 1.82) is 0 Å². The minimum absolute atomic E-state index is 0.477. The number of hydrogen-bond acceptors (Lipinski definition) is 5. The second kappa shape index (κ2) is 8.98. The van der Waals surface area contributed by atoms with E-state index in [-0.39, 0.29) is 0 Å². The van der Waals surface area contributed by atoms with E-state index in [1.807, 2.05) is 6.92 Å². The van der Waals surface area contributed by atoms with E-state index in [2.05, 4.69) is 57.1 Å². The molecule has 0 aliphatic heterocycles. The van der Waals surface area contributed by atoms with Crippen LogP contribution in [0.25, 0.3) is 0 Å². The Morgan fingerprint density at radius 1 is 1.17 bits per heavy atom. The van der Waals surface area contributed by atoms with Gasteiger partial charge in [0.15, 0.2) is 5.96 Å². The van der Waals surface area contributed by atoms with Gasteiger partial charge in [-0.15, -0.1) is 22.7 Å². The molecule has 0 spiro atoms. The number of rotatable bonds is 7. The quantitative estimate of drug-likeness (QED) is 0.593. The lowest BCUT2D eigenvalue weighted by Crippen LogP contribution is -2.38. The van der Waals surface area contributed by atoms with Crippen molar-refractivity contribution in [3.05, 3.63) is 32.2 Å². The van der Waals surface area contributed by atoms with Crippen molar-refractivity contribution in [2.75, 3.05) is 13.1 Å². The van der Waals surface area contributed by atoms with Gasteiger partial charge in [0.05, 0.1) is 27.9 Å². The first-order valence-electron chi connectivity index (χ1n) is 7.96. The maximum atomic E-state index is 4.62. The van der Waals surface area contributed by atoms with Crippen LogP contribution in [-0.2, 0) is 13.0 Å². The zero-order valence-corrected chi connectivity index (χ0v) is 15.9. The summed E-state index contributed by atoms with van der Waals surface area (Å²) < 4.78 is 0. The maximum Gasteiger partial charge on any atom is 0.191 e. The fourth-order valence-electron chi connectivity index (χ4n) is 1.99. The number of aromatic nitrogens is 2. The molecular formula is C16H25N5S2. The monoisotopic (exact) mass is 351 g/mol. The summed E-state index contributed by atoms with van der Waals surface area (Å²) in [5.41, 5.74) is 2.17. The third-order valence-electron chi connectivity index (χ3n) is 3.15. The molecule has 5 nitrogen and oxygen atoms in total. The average Bonchev–Trinajstić information content (AvgIpc) is 3.14. The van der Waals surface area contributed by atoms with Crippen LogP contribution in [0.4, 0.5) is 0 Å². The zero-order chi connectivity index (χ0) is 16.7. The van der Waals surface area contributed by atoms with E-state index in [1.165, 1.54) is 5.01 Å². The van der Waals surface area contributed by atoms with Crippen LogP contribution >= 0.6 is 22.7 Å². The first kappa shape index (κ1) is 17.9. The smallest absolute Gasteiger partial charge is 0.191 e. The average molecular weight is 352 g/mol. The van der Waals surface area contributed by atoms with Crippen LogP contribution in [0.5, 0.6) is 0 Å². The Labute approximate surface area is 146 Å². The minimum Gasteiger partial charge on any atom is -0.357 e. The molecule has 0 saturated heterocycles. The van der Waals surface area contributed by atoms with Gasteiger partial charge in [0, 0.05) is 36.2 Å². The van der Waals surface area contributed by atoms with Crippen molar-refractivity contribution >= 4 is 28.6 Å². The lowest BCUT2D eigenvalue weighted by molar-refractivity contribution is 0.785. The van der Waals surface area contributed by atoms with Crippen LogP contribution in [0.3, 0.4) is 0 Å². The molecule has 2 aromatic rings. The molecule has 0 saturated carbocycles. The van der Waals surface area contributed by atoms with E-state index in [1.54, 1.807) is 22.7 Å². The van der Waals surface area contributed by atoms with Crippen LogP contribution in [0.15, 0.2) is 15.8 Å². The predicted molar refractivity (Wildman–Crippen MR) is 99.6 cm³/mol. The third kappa shape index (κ3) is 5.91. The van der Waals surface area contributed by atoms with Gasteiger partial charge in [-0.25, -0.2) is 15.0 Å². The summed E-state index contributed by atoms with van der Waals surface area (Å²) >= 11 is 3.41. The fraction of sp³-hybridized carbons (Fsp3) is 0.562. The van der Waals surface area contributed by atoms with E-state index in [0.29, 0.717) is 12.5 Å². The molecule has 0 fully saturated rings. The van der Waals surface area contributed by atoms with E-state index in [0.717, 1.165) is 41.9 Å². The normalized spacial score (nSPS) is 12.0. The van der Waals surface area contributed by atoms with E-state index < -0.39 is 0 Å². The Morgan fingerprint density at radius 2 is 1.96 bits per heavy atom. The summed E-state index contributed by atoms with van der Waals surface area (Å²) in [6, 6.07) is 0. The number of aliphatic imine (C=N–C) groups is 1. The largest absolute Gasteiger partial charge is 0.357 e. The third-order valence-corrected chi connectivity index (χ3v) is 5.16. The van der Waals surface area contributed by atoms with Crippen LogP contribution in [-0.4, -0.2) is 29.0 Å². The van der Waals surface area contributed by atoms with Crippen LogP contribution in [0.2, 0.25) is 0 Å². The van der Waals surface area contributed by atoms with Crippen LogP contribution in [0.1, 0.15) is 48.1 Å². The highest BCUT2D eigenvalue weighted by Crippen LogP contribution is 2.19. The van der Waals surface area contributed by atoms with Gasteiger partial charge in [-0.2, -0.15) is 0 Å². The summed E-state index contributed by atoms with van der Waals surface area (Å²) in [5.74, 6) is 1.31. The summed E-state index contributed by atoms with van der Waals surface area (Å²) in [7, 11) is 0. The Hall–Kier alpha value is -1.47. The molecule has 0 aliphatic rings. The van der Waals surface area contributed by atoms with E-state index in [9.17, 15) is 0 Å². The molecular weight excluding hydrogens is 326 g/mol. The van der Waals surface area contributed by atoms with Gasteiger partial charge in [0.2, 0.25) is 0 Å². The lowest BCUT2D eigenvalue weighted by atomic mass is 10.2. The molecule has 0 unspecified atom stereocenters. The van der Waals surface area contributed by atoms with Gasteiger partial charge in [-0.05, 0) is 13.8 Å². The number of hydrogen-bond donors (Lipinski definition) is 2. The van der Waals surface area contributed by atoms with E-state index in [4.69, 9.17) is 0 Å². The number of aryl methyl sites for hydroxylation is 1. The van der Waals surface area contributed by atoms with Crippen LogP contribution < -0.4 is 10.6 Å². The topological polar surface area (TPSA) is 62.2 Å². The minimum atomic E-state index is 0.477. The van der Waals surface area contributed by atoms with Gasteiger partial charge in [0.1, 0.15) is 0 Å². The molecule has 0 atom stereocenters. The van der Waals surface area contributed by atoms with Crippen LogP contribution in [0, 0.1) is 6.92 Å². The van der Waals surface area contributed by atoms with Gasteiger partial charge >= 0.3 is 0 Å². The second-order valence-corrected chi connectivity index (χ2v) is 7.51. The molecule has 0 radical (unpaired) electrons. The van der Waals surface area contributed by atoms with Crippen molar-refractivity contribution < 1.29 is 0 Å². The highest BCUT2D eigenvalue weighted by Gasteiger charge is 2.06. The summed E-state index contributed by atoms with van der Waals surface area (Å²) in [4.78, 5) is 13.7. The van der Waals surface area contributed by atoms with Crippen molar-refractivity contribution in [3.63, 3.8) is 0 Å². The summed E-state index contributed by atoms with van der Waals surface area (Å²) in [6.07, 6.45) is 0.906. The summed E-state index contributed by atoms with van der Waals surface area (Å²) in [6.45, 7) is 10.7. The highest BCUT2D eigenvalue weighted by atomic mass is 32.1. The van der Waals surface area contributed by atoms with Gasteiger partial charge < -0.3 is 10.6 Å². The SMILES string of the molecule is CCNC(=NCc1csc(C(C)C)n1)NCCc1csc(C)n1. The first-order chi connectivity index (χ1) is 11.1. The maximum absolute atomic E-state index is 4.62. The molecule has 0 aromatic carbocycles. The first-order valence-corrected chi connectivity index (χ1v) is 9.72. The standard InChI is InChI=1S/C16H25N5S2/c1-5-17-16(18-7-6-13-9-22-12(4)20-13)19-8-14-10-23-15(21-14)11(2)3/h9-11H,5-8H2,1-4H3,(H2,17,18,19). The number of nitrogens with one attached hydrogen (secondary N) is 2. The number of guanidine groups is 1. The Balaban J connectivity index is 1.85. The molecule has 7 heteroatoms. The van der Waals surface area contributed by atoms with Gasteiger partial charge in [-0.3, -0.25) is 0 Å². The van der Waals surface area contributed by atoms with Crippen molar-refractivity contribution in [2.24, 2.45) is 4.99 Å². The summed E-state index contributed by atoms with van der Waals surface area (Å²) in [5, 5.41) is 13.1. The molecule has 2 rings (SSSR count). The molecule has 0 bridgehead atoms. The molecule has 0 amide bonds. The Bertz CT molecular complexity index is 630. The molecule has 23 heavy (non-hydrogen) atoms. The fourth-order valence-corrected chi connectivity index (χ4v) is 3.47. The molecule has 2 N–H and O–H groups in total.